The van der Waals surface area contributed by atoms with Crippen LogP contribution < -0.4 is 10.1 Å². The van der Waals surface area contributed by atoms with Gasteiger partial charge in [0.05, 0.1) is 5.69 Å². The number of nitrogens with one attached hydrogen (secondary N) is 1. The van der Waals surface area contributed by atoms with Crippen LogP contribution in [0.3, 0.4) is 0 Å². The van der Waals surface area contributed by atoms with Gasteiger partial charge in [0, 0.05) is 17.4 Å². The molecule has 0 saturated heterocycles. The number of carbonyl (C=O) groups is 1. The lowest BCUT2D eigenvalue weighted by molar-refractivity contribution is 0.102. The zero-order chi connectivity index (χ0) is 17.2. The van der Waals surface area contributed by atoms with Crippen molar-refractivity contribution in [1.29, 1.82) is 0 Å². The lowest BCUT2D eigenvalue weighted by Crippen LogP contribution is -2.11. The van der Waals surface area contributed by atoms with E-state index in [9.17, 15) is 4.79 Å². The summed E-state index contributed by atoms with van der Waals surface area (Å²) < 4.78 is 10.5. The van der Waals surface area contributed by atoms with E-state index in [2.05, 4.69) is 20.4 Å². The Kier molecular flexibility index (Phi) is 4.19. The number of rotatable bonds is 5. The van der Waals surface area contributed by atoms with Crippen LogP contribution in [0, 0.1) is 6.92 Å². The van der Waals surface area contributed by atoms with E-state index in [0.29, 0.717) is 28.2 Å². The maximum absolute atomic E-state index is 12.3. The Labute approximate surface area is 148 Å². The minimum atomic E-state index is -0.173. The predicted molar refractivity (Wildman–Crippen MR) is 91.9 cm³/mol. The molecule has 4 rings (SSSR count). The van der Waals surface area contributed by atoms with Gasteiger partial charge in [-0.25, -0.2) is 4.98 Å². The van der Waals surface area contributed by atoms with E-state index in [1.54, 1.807) is 42.5 Å². The molecular formula is C17H16N4O3S. The SMILES string of the molecule is Cc1nc(COc2ccc(C(=O)Nc3nc4c(s3)CCC4)cc2)no1. The van der Waals surface area contributed by atoms with Crippen LogP contribution in [0.5, 0.6) is 5.75 Å². The third-order valence-corrected chi connectivity index (χ3v) is 4.94. The summed E-state index contributed by atoms with van der Waals surface area (Å²) in [6, 6.07) is 6.91. The van der Waals surface area contributed by atoms with Gasteiger partial charge in [0.2, 0.25) is 11.7 Å². The highest BCUT2D eigenvalue weighted by molar-refractivity contribution is 7.15. The molecule has 1 N–H and O–H groups in total. The number of fused-ring (bicyclic) bond motifs is 1. The molecule has 0 unspecified atom stereocenters. The number of carbonyl (C=O) groups excluding carboxylic acids is 1. The van der Waals surface area contributed by atoms with Crippen LogP contribution in [0.2, 0.25) is 0 Å². The average molecular weight is 356 g/mol. The summed E-state index contributed by atoms with van der Waals surface area (Å²) in [5.41, 5.74) is 1.68. The zero-order valence-electron chi connectivity index (χ0n) is 13.6. The van der Waals surface area contributed by atoms with Gasteiger partial charge in [0.25, 0.3) is 5.91 Å². The summed E-state index contributed by atoms with van der Waals surface area (Å²) in [6.07, 6.45) is 3.23. The third-order valence-electron chi connectivity index (χ3n) is 3.87. The molecule has 0 spiro atoms. The Hall–Kier alpha value is -2.74. The summed E-state index contributed by atoms with van der Waals surface area (Å²) >= 11 is 1.57. The van der Waals surface area contributed by atoms with Crippen molar-refractivity contribution >= 4 is 22.4 Å². The number of hydrogen-bond donors (Lipinski definition) is 1. The Morgan fingerprint density at radius 3 is 2.84 bits per heavy atom. The van der Waals surface area contributed by atoms with E-state index >= 15 is 0 Å². The smallest absolute Gasteiger partial charge is 0.257 e. The van der Waals surface area contributed by atoms with Gasteiger partial charge in [-0.05, 0) is 43.5 Å². The van der Waals surface area contributed by atoms with Crippen molar-refractivity contribution in [1.82, 2.24) is 15.1 Å². The van der Waals surface area contributed by atoms with Crippen LogP contribution in [0.15, 0.2) is 28.8 Å². The van der Waals surface area contributed by atoms with E-state index in [-0.39, 0.29) is 12.5 Å². The molecule has 0 bridgehead atoms. The van der Waals surface area contributed by atoms with Crippen molar-refractivity contribution in [2.24, 2.45) is 0 Å². The molecule has 0 saturated carbocycles. The normalized spacial score (nSPS) is 12.8. The van der Waals surface area contributed by atoms with E-state index in [1.807, 2.05) is 0 Å². The maximum atomic E-state index is 12.3. The quantitative estimate of drug-likeness (QED) is 0.755. The molecule has 8 heteroatoms. The fraction of sp³-hybridized carbons (Fsp3) is 0.294. The van der Waals surface area contributed by atoms with Crippen LogP contribution in [-0.2, 0) is 19.4 Å². The molecule has 2 heterocycles. The van der Waals surface area contributed by atoms with E-state index in [0.717, 1.165) is 25.0 Å². The van der Waals surface area contributed by atoms with Crippen molar-refractivity contribution in [2.75, 3.05) is 5.32 Å². The second-order valence-electron chi connectivity index (χ2n) is 5.74. The van der Waals surface area contributed by atoms with Gasteiger partial charge in [-0.3, -0.25) is 10.1 Å². The predicted octanol–water partition coefficient (Wildman–Crippen LogP) is 3.15. The molecule has 2 aromatic heterocycles. The van der Waals surface area contributed by atoms with Crippen molar-refractivity contribution in [3.8, 4) is 5.75 Å². The van der Waals surface area contributed by atoms with Crippen LogP contribution in [-0.4, -0.2) is 21.0 Å². The lowest BCUT2D eigenvalue weighted by atomic mass is 10.2. The minimum Gasteiger partial charge on any atom is -0.485 e. The first-order valence-corrected chi connectivity index (χ1v) is 8.81. The Balaban J connectivity index is 1.36. The fourth-order valence-corrected chi connectivity index (χ4v) is 3.71. The van der Waals surface area contributed by atoms with Gasteiger partial charge in [0.1, 0.15) is 5.75 Å². The Morgan fingerprint density at radius 2 is 2.12 bits per heavy atom. The van der Waals surface area contributed by atoms with Crippen LogP contribution >= 0.6 is 11.3 Å². The van der Waals surface area contributed by atoms with Gasteiger partial charge < -0.3 is 9.26 Å². The molecule has 0 fully saturated rings. The first-order chi connectivity index (χ1) is 12.2. The number of hydrogen-bond acceptors (Lipinski definition) is 7. The zero-order valence-corrected chi connectivity index (χ0v) is 14.4. The molecule has 0 atom stereocenters. The second-order valence-corrected chi connectivity index (χ2v) is 6.82. The molecule has 128 valence electrons. The monoisotopic (exact) mass is 356 g/mol. The average Bonchev–Trinajstić information content (AvgIpc) is 3.30. The number of benzene rings is 1. The first-order valence-electron chi connectivity index (χ1n) is 7.99. The highest BCUT2D eigenvalue weighted by Gasteiger charge is 2.18. The van der Waals surface area contributed by atoms with Gasteiger partial charge >= 0.3 is 0 Å². The summed E-state index contributed by atoms with van der Waals surface area (Å²) in [4.78, 5) is 22.1. The van der Waals surface area contributed by atoms with Crippen LogP contribution in [0.4, 0.5) is 5.13 Å². The lowest BCUT2D eigenvalue weighted by Gasteiger charge is -2.05. The van der Waals surface area contributed by atoms with Crippen molar-refractivity contribution < 1.29 is 14.1 Å². The Bertz CT molecular complexity index is 880. The van der Waals surface area contributed by atoms with Gasteiger partial charge in [-0.2, -0.15) is 4.98 Å². The highest BCUT2D eigenvalue weighted by Crippen LogP contribution is 2.30. The number of amides is 1. The molecule has 0 radical (unpaired) electrons. The first kappa shape index (κ1) is 15.8. The van der Waals surface area contributed by atoms with E-state index in [4.69, 9.17) is 9.26 Å². The number of aromatic nitrogens is 3. The second kappa shape index (κ2) is 6.64. The standard InChI is InChI=1S/C17H16N4O3S/c1-10-18-15(21-24-10)9-23-12-7-5-11(6-8-12)16(22)20-17-19-13-3-2-4-14(13)25-17/h5-8H,2-4,9H2,1H3,(H,19,20,22). The summed E-state index contributed by atoms with van der Waals surface area (Å²) in [5.74, 6) is 1.44. The number of thiazole rings is 1. The third kappa shape index (κ3) is 3.53. The molecule has 0 aliphatic heterocycles. The minimum absolute atomic E-state index is 0.173. The Morgan fingerprint density at radius 1 is 1.28 bits per heavy atom. The maximum Gasteiger partial charge on any atom is 0.257 e. The van der Waals surface area contributed by atoms with Gasteiger partial charge in [-0.1, -0.05) is 5.16 Å². The van der Waals surface area contributed by atoms with Crippen molar-refractivity contribution in [2.45, 2.75) is 32.8 Å². The molecule has 25 heavy (non-hydrogen) atoms. The number of nitrogens with zero attached hydrogens (tertiary/aromatic N) is 3. The molecule has 1 aliphatic rings. The van der Waals surface area contributed by atoms with E-state index < -0.39 is 0 Å². The highest BCUT2D eigenvalue weighted by atomic mass is 32.1. The molecular weight excluding hydrogens is 340 g/mol. The molecule has 1 aromatic carbocycles. The fourth-order valence-electron chi connectivity index (χ4n) is 2.66. The number of anilines is 1. The number of ether oxygens (including phenoxy) is 1. The molecule has 1 aliphatic carbocycles. The van der Waals surface area contributed by atoms with E-state index in [1.165, 1.54) is 4.88 Å². The largest absolute Gasteiger partial charge is 0.485 e. The van der Waals surface area contributed by atoms with Crippen LogP contribution in [0.25, 0.3) is 0 Å². The number of aryl methyl sites for hydroxylation is 3. The molecule has 1 amide bonds. The summed E-state index contributed by atoms with van der Waals surface area (Å²) in [5, 5.41) is 7.30. The topological polar surface area (TPSA) is 90.1 Å². The van der Waals surface area contributed by atoms with Gasteiger partial charge in [-0.15, -0.1) is 11.3 Å². The molecule has 3 aromatic rings. The van der Waals surface area contributed by atoms with Crippen molar-refractivity contribution in [3.05, 3.63) is 52.1 Å². The van der Waals surface area contributed by atoms with Gasteiger partial charge in [0.15, 0.2) is 11.7 Å². The summed E-state index contributed by atoms with van der Waals surface area (Å²) in [7, 11) is 0. The van der Waals surface area contributed by atoms with Crippen molar-refractivity contribution in [3.63, 3.8) is 0 Å². The molecule has 7 nitrogen and oxygen atoms in total. The summed E-state index contributed by atoms with van der Waals surface area (Å²) in [6.45, 7) is 1.94. The van der Waals surface area contributed by atoms with Crippen LogP contribution in [0.1, 0.15) is 39.1 Å².